The summed E-state index contributed by atoms with van der Waals surface area (Å²) in [4.78, 5) is 6.54. The largest absolute Gasteiger partial charge is 0.379 e. The predicted octanol–water partition coefficient (Wildman–Crippen LogP) is 4.28. The van der Waals surface area contributed by atoms with Gasteiger partial charge in [0.15, 0.2) is 0 Å². The zero-order valence-electron chi connectivity index (χ0n) is 11.5. The van der Waals surface area contributed by atoms with Crippen molar-refractivity contribution < 1.29 is 0 Å². The lowest BCUT2D eigenvalue weighted by Crippen LogP contribution is -2.10. The highest BCUT2D eigenvalue weighted by Crippen LogP contribution is 2.20. The van der Waals surface area contributed by atoms with E-state index in [1.807, 2.05) is 12.3 Å². The number of benzene rings is 1. The summed E-state index contributed by atoms with van der Waals surface area (Å²) in [6.45, 7) is 1.65. The zero-order valence-corrected chi connectivity index (χ0v) is 14.7. The Hall–Kier alpha value is -0.910. The molecule has 2 aromatic rings. The van der Waals surface area contributed by atoms with Crippen molar-refractivity contribution in [1.82, 2.24) is 9.88 Å². The highest BCUT2D eigenvalue weighted by molar-refractivity contribution is 9.11. The van der Waals surface area contributed by atoms with Crippen LogP contribution in [0.3, 0.4) is 0 Å². The summed E-state index contributed by atoms with van der Waals surface area (Å²) >= 11 is 6.92. The number of anilines is 1. The second-order valence-electron chi connectivity index (χ2n) is 4.87. The van der Waals surface area contributed by atoms with E-state index >= 15 is 0 Å². The van der Waals surface area contributed by atoms with Crippen molar-refractivity contribution in [2.45, 2.75) is 13.1 Å². The molecular formula is C15H17Br2N3. The van der Waals surface area contributed by atoms with Crippen LogP contribution in [0, 0.1) is 0 Å². The van der Waals surface area contributed by atoms with Crippen LogP contribution in [0.4, 0.5) is 5.69 Å². The molecule has 0 aliphatic carbocycles. The Morgan fingerprint density at radius 3 is 2.45 bits per heavy atom. The summed E-state index contributed by atoms with van der Waals surface area (Å²) in [7, 11) is 4.14. The molecule has 0 bridgehead atoms. The third kappa shape index (κ3) is 4.58. The maximum atomic E-state index is 4.39. The van der Waals surface area contributed by atoms with Gasteiger partial charge in [-0.2, -0.15) is 0 Å². The van der Waals surface area contributed by atoms with Gasteiger partial charge in [0, 0.05) is 27.4 Å². The molecule has 5 heteroatoms. The number of nitrogens with zero attached hydrogens (tertiary/aromatic N) is 2. The molecule has 20 heavy (non-hydrogen) atoms. The van der Waals surface area contributed by atoms with Crippen LogP contribution in [0.25, 0.3) is 0 Å². The first-order valence-corrected chi connectivity index (χ1v) is 7.90. The van der Waals surface area contributed by atoms with Gasteiger partial charge in [-0.25, -0.2) is 0 Å². The van der Waals surface area contributed by atoms with Gasteiger partial charge in [0.2, 0.25) is 0 Å². The highest BCUT2D eigenvalue weighted by Gasteiger charge is 2.02. The smallest absolute Gasteiger partial charge is 0.0737 e. The first-order valence-electron chi connectivity index (χ1n) is 6.32. The summed E-state index contributed by atoms with van der Waals surface area (Å²) in [5.74, 6) is 0. The minimum atomic E-state index is 0.695. The van der Waals surface area contributed by atoms with E-state index in [2.05, 4.69) is 85.4 Å². The molecule has 1 aromatic carbocycles. The maximum absolute atomic E-state index is 4.39. The van der Waals surface area contributed by atoms with Crippen molar-refractivity contribution in [3.63, 3.8) is 0 Å². The number of aromatic nitrogens is 1. The molecule has 0 radical (unpaired) electrons. The van der Waals surface area contributed by atoms with Crippen molar-refractivity contribution in [3.05, 3.63) is 56.7 Å². The number of pyridine rings is 1. The number of nitrogens with one attached hydrogen (secondary N) is 1. The third-order valence-electron chi connectivity index (χ3n) is 2.80. The molecule has 0 aliphatic heterocycles. The van der Waals surface area contributed by atoms with E-state index in [-0.39, 0.29) is 0 Å². The quantitative estimate of drug-likeness (QED) is 0.814. The maximum Gasteiger partial charge on any atom is 0.0737 e. The van der Waals surface area contributed by atoms with Gasteiger partial charge in [0.05, 0.1) is 12.2 Å². The molecule has 0 aliphatic rings. The Balaban J connectivity index is 1.96. The first kappa shape index (κ1) is 15.5. The lowest BCUT2D eigenvalue weighted by atomic mass is 10.2. The Kier molecular flexibility index (Phi) is 5.57. The van der Waals surface area contributed by atoms with Gasteiger partial charge in [-0.3, -0.25) is 4.98 Å². The minimum absolute atomic E-state index is 0.695. The number of halogens is 2. The molecule has 2 rings (SSSR count). The molecule has 3 nitrogen and oxygen atoms in total. The Labute approximate surface area is 136 Å². The molecule has 0 saturated carbocycles. The van der Waals surface area contributed by atoms with E-state index in [4.69, 9.17) is 0 Å². The second-order valence-corrected chi connectivity index (χ2v) is 6.64. The molecule has 0 fully saturated rings. The monoisotopic (exact) mass is 397 g/mol. The van der Waals surface area contributed by atoms with Crippen LogP contribution in [-0.4, -0.2) is 24.0 Å². The fourth-order valence-corrected chi connectivity index (χ4v) is 2.98. The van der Waals surface area contributed by atoms with E-state index in [0.717, 1.165) is 26.9 Å². The van der Waals surface area contributed by atoms with E-state index in [0.29, 0.717) is 6.54 Å². The Morgan fingerprint density at radius 1 is 1.15 bits per heavy atom. The zero-order chi connectivity index (χ0) is 14.5. The van der Waals surface area contributed by atoms with Gasteiger partial charge in [-0.1, -0.05) is 12.1 Å². The van der Waals surface area contributed by atoms with Gasteiger partial charge in [-0.15, -0.1) is 0 Å². The average Bonchev–Trinajstić information content (AvgIpc) is 2.39. The molecule has 1 aromatic heterocycles. The van der Waals surface area contributed by atoms with Crippen molar-refractivity contribution in [2.24, 2.45) is 0 Å². The molecule has 0 unspecified atom stereocenters. The normalized spacial score (nSPS) is 10.8. The van der Waals surface area contributed by atoms with E-state index < -0.39 is 0 Å². The van der Waals surface area contributed by atoms with Crippen molar-refractivity contribution in [2.75, 3.05) is 19.4 Å². The lowest BCUT2D eigenvalue weighted by molar-refractivity contribution is 0.402. The molecule has 1 N–H and O–H groups in total. The van der Waals surface area contributed by atoms with Crippen LogP contribution in [0.5, 0.6) is 0 Å². The predicted molar refractivity (Wildman–Crippen MR) is 90.8 cm³/mol. The summed E-state index contributed by atoms with van der Waals surface area (Å²) in [6, 6.07) is 10.5. The Morgan fingerprint density at radius 2 is 1.85 bits per heavy atom. The fourth-order valence-electron chi connectivity index (χ4n) is 1.85. The van der Waals surface area contributed by atoms with Crippen LogP contribution >= 0.6 is 31.9 Å². The molecule has 1 heterocycles. The Bertz CT molecular complexity index is 568. The van der Waals surface area contributed by atoms with Crippen molar-refractivity contribution in [3.8, 4) is 0 Å². The molecular weight excluding hydrogens is 382 g/mol. The van der Waals surface area contributed by atoms with E-state index in [1.165, 1.54) is 5.56 Å². The van der Waals surface area contributed by atoms with E-state index in [1.54, 1.807) is 0 Å². The SMILES string of the molecule is CN(C)Cc1ccc(NCc2ncc(Br)cc2Br)cc1. The molecule has 0 amide bonds. The first-order chi connectivity index (χ1) is 9.54. The highest BCUT2D eigenvalue weighted by atomic mass is 79.9. The van der Waals surface area contributed by atoms with Crippen LogP contribution < -0.4 is 5.32 Å². The van der Waals surface area contributed by atoms with Crippen LogP contribution in [0.2, 0.25) is 0 Å². The number of hydrogen-bond acceptors (Lipinski definition) is 3. The van der Waals surface area contributed by atoms with Crippen molar-refractivity contribution >= 4 is 37.5 Å². The standard InChI is InChI=1S/C15H17Br2N3/c1-20(2)10-11-3-5-13(6-4-11)18-9-15-14(17)7-12(16)8-19-15/h3-8,18H,9-10H2,1-2H3. The molecule has 0 spiro atoms. The summed E-state index contributed by atoms with van der Waals surface area (Å²) in [5, 5.41) is 3.38. The molecule has 0 saturated heterocycles. The van der Waals surface area contributed by atoms with Gasteiger partial charge < -0.3 is 10.2 Å². The molecule has 106 valence electrons. The van der Waals surface area contributed by atoms with Crippen molar-refractivity contribution in [1.29, 1.82) is 0 Å². The van der Waals surface area contributed by atoms with Crippen LogP contribution in [-0.2, 0) is 13.1 Å². The van der Waals surface area contributed by atoms with Gasteiger partial charge in [0.25, 0.3) is 0 Å². The van der Waals surface area contributed by atoms with Crippen LogP contribution in [0.15, 0.2) is 45.5 Å². The summed E-state index contributed by atoms with van der Waals surface area (Å²) in [5.41, 5.74) is 3.40. The van der Waals surface area contributed by atoms with Gasteiger partial charge >= 0.3 is 0 Å². The van der Waals surface area contributed by atoms with Gasteiger partial charge in [0.1, 0.15) is 0 Å². The average molecular weight is 399 g/mol. The second kappa shape index (κ2) is 7.20. The summed E-state index contributed by atoms with van der Waals surface area (Å²) in [6.07, 6.45) is 1.81. The fraction of sp³-hybridized carbons (Fsp3) is 0.267. The number of hydrogen-bond donors (Lipinski definition) is 1. The molecule has 0 atom stereocenters. The minimum Gasteiger partial charge on any atom is -0.379 e. The van der Waals surface area contributed by atoms with Crippen LogP contribution in [0.1, 0.15) is 11.3 Å². The lowest BCUT2D eigenvalue weighted by Gasteiger charge is -2.11. The van der Waals surface area contributed by atoms with Gasteiger partial charge in [-0.05, 0) is 69.7 Å². The third-order valence-corrected chi connectivity index (χ3v) is 3.92. The summed E-state index contributed by atoms with van der Waals surface area (Å²) < 4.78 is 1.98. The number of rotatable bonds is 5. The van der Waals surface area contributed by atoms with E-state index in [9.17, 15) is 0 Å². The topological polar surface area (TPSA) is 28.2 Å².